The van der Waals surface area contributed by atoms with Crippen molar-refractivity contribution < 1.29 is 27.3 Å². The molecule has 2 N–H and O–H groups in total. The van der Waals surface area contributed by atoms with Crippen molar-refractivity contribution in [1.82, 2.24) is 0 Å². The van der Waals surface area contributed by atoms with Gasteiger partial charge in [0.15, 0.2) is 0 Å². The van der Waals surface area contributed by atoms with Crippen LogP contribution < -0.4 is 9.80 Å². The molecule has 0 radical (unpaired) electrons. The van der Waals surface area contributed by atoms with Crippen LogP contribution in [0.4, 0.5) is 0 Å². The van der Waals surface area contributed by atoms with Crippen LogP contribution in [0.25, 0.3) is 0 Å². The van der Waals surface area contributed by atoms with Gasteiger partial charge in [-0.15, -0.1) is 0 Å². The van der Waals surface area contributed by atoms with E-state index >= 15 is 0 Å². The molecule has 2 aliphatic heterocycles. The van der Waals surface area contributed by atoms with Crippen molar-refractivity contribution in [2.75, 3.05) is 13.1 Å². The fourth-order valence-electron chi connectivity index (χ4n) is 3.83. The number of rotatable bonds is 14. The second-order valence-corrected chi connectivity index (χ2v) is 9.78. The van der Waals surface area contributed by atoms with Crippen molar-refractivity contribution in [3.05, 3.63) is 23.8 Å². The van der Waals surface area contributed by atoms with Gasteiger partial charge in [-0.1, -0.05) is 53.4 Å². The molecular weight excluding hydrogens is 464 g/mol. The fraction of sp³-hybridized carbons (Fsp3) is 0.769. The Balaban J connectivity index is 0.000000555. The minimum Gasteiger partial charge on any atom is -0.759 e. The first-order valence-electron chi connectivity index (χ1n) is 13.6. The number of allylic oxidation sites excluding steroid dienone is 2. The second kappa shape index (κ2) is 19.8. The maximum absolute atomic E-state index is 8.52. The van der Waals surface area contributed by atoms with Gasteiger partial charge in [-0.05, 0) is 52.4 Å². The summed E-state index contributed by atoms with van der Waals surface area (Å²) in [5, 5.41) is 0. The highest BCUT2D eigenvalue weighted by atomic mass is 32.3. The Morgan fingerprint density at radius 1 is 0.629 bits per heavy atom. The molecule has 0 bridgehead atoms. The van der Waals surface area contributed by atoms with E-state index in [2.05, 4.69) is 53.9 Å². The molecule has 0 aromatic rings. The zero-order chi connectivity index (χ0) is 26.7. The van der Waals surface area contributed by atoms with E-state index in [9.17, 15) is 0 Å². The van der Waals surface area contributed by atoms with Crippen LogP contribution in [0.15, 0.2) is 33.8 Å². The minimum atomic E-state index is -5.17. The van der Waals surface area contributed by atoms with Crippen LogP contribution in [0.2, 0.25) is 0 Å². The Morgan fingerprint density at radius 3 is 1.17 bits per heavy atom. The van der Waals surface area contributed by atoms with E-state index in [1.54, 1.807) is 0 Å². The number of hydrogen-bond acceptors (Lipinski definition) is 6. The minimum absolute atomic E-state index is 1.14. The summed E-state index contributed by atoms with van der Waals surface area (Å²) in [6.07, 6.45) is 19.5. The predicted molar refractivity (Wildman–Crippen MR) is 143 cm³/mol. The Labute approximate surface area is 214 Å². The number of amidine groups is 2. The zero-order valence-corrected chi connectivity index (χ0v) is 23.8. The van der Waals surface area contributed by atoms with Crippen LogP contribution in [-0.2, 0) is 10.4 Å². The molecule has 2 rings (SSSR count). The summed E-state index contributed by atoms with van der Waals surface area (Å²) in [5.41, 5.74) is 2.64. The van der Waals surface area contributed by atoms with Gasteiger partial charge in [0.2, 0.25) is 11.7 Å². The number of aliphatic imine (C=N–C) groups is 2. The Bertz CT molecular complexity index is 744. The molecule has 0 amide bonds. The van der Waals surface area contributed by atoms with Crippen molar-refractivity contribution in [1.29, 1.82) is 0 Å². The third-order valence-corrected chi connectivity index (χ3v) is 5.85. The van der Waals surface area contributed by atoms with Crippen LogP contribution in [0, 0.1) is 0 Å². The van der Waals surface area contributed by atoms with Crippen LogP contribution >= 0.6 is 0 Å². The third kappa shape index (κ3) is 16.8. The molecule has 0 saturated heterocycles. The summed E-state index contributed by atoms with van der Waals surface area (Å²) in [6.45, 7) is 15.7. The molecule has 0 spiro atoms. The second-order valence-electron chi connectivity index (χ2n) is 8.97. The van der Waals surface area contributed by atoms with Gasteiger partial charge in [-0.2, -0.15) is 9.98 Å². The molecule has 0 saturated carbocycles. The summed E-state index contributed by atoms with van der Waals surface area (Å²) < 4.78 is 34.1. The van der Waals surface area contributed by atoms with Gasteiger partial charge in [0.05, 0.1) is 24.5 Å². The van der Waals surface area contributed by atoms with Gasteiger partial charge in [0.1, 0.15) is 12.4 Å². The molecule has 2 unspecified atom stereocenters. The van der Waals surface area contributed by atoms with E-state index in [0.29, 0.717) is 0 Å². The van der Waals surface area contributed by atoms with Crippen molar-refractivity contribution >= 4 is 22.1 Å². The number of quaternary nitrogens is 2. The maximum Gasteiger partial charge on any atom is 0.206 e. The highest BCUT2D eigenvalue weighted by Gasteiger charge is 2.21. The highest BCUT2D eigenvalue weighted by Crippen LogP contribution is 2.12. The molecule has 2 atom stereocenters. The lowest BCUT2D eigenvalue weighted by atomic mass is 10.2. The highest BCUT2D eigenvalue weighted by molar-refractivity contribution is 7.79. The molecule has 35 heavy (non-hydrogen) atoms. The first-order valence-corrected chi connectivity index (χ1v) is 14.9. The Kier molecular flexibility index (Phi) is 19.0. The van der Waals surface area contributed by atoms with Gasteiger partial charge in [0, 0.05) is 23.2 Å². The summed E-state index contributed by atoms with van der Waals surface area (Å²) in [6, 6.07) is 0. The largest absolute Gasteiger partial charge is 0.759 e. The lowest BCUT2D eigenvalue weighted by Gasteiger charge is -2.08. The number of hydrogen-bond donors (Lipinski definition) is 2. The van der Waals surface area contributed by atoms with E-state index < -0.39 is 10.4 Å². The van der Waals surface area contributed by atoms with Gasteiger partial charge in [-0.3, -0.25) is 18.2 Å². The standard InChI is InChI=1S/2C13H24N2.H2O4S/c2*1-4-7-9-12-11-15(6-3)13(14-12)10-8-5-2;1-5(2,3)4/h2*11H,4-10H2,1-3H3;(H2,1,2,3,4). The lowest BCUT2D eigenvalue weighted by molar-refractivity contribution is -0.743. The summed E-state index contributed by atoms with van der Waals surface area (Å²) in [7, 11) is -5.17. The molecule has 9 heteroatoms. The van der Waals surface area contributed by atoms with Crippen molar-refractivity contribution in [2.45, 2.75) is 119 Å². The Hall–Kier alpha value is -1.39. The van der Waals surface area contributed by atoms with Gasteiger partial charge in [0.25, 0.3) is 0 Å². The smallest absolute Gasteiger partial charge is 0.206 e. The number of nitrogens with one attached hydrogen (secondary N) is 2. The van der Waals surface area contributed by atoms with Gasteiger partial charge in [-0.25, -0.2) is 0 Å². The van der Waals surface area contributed by atoms with Crippen LogP contribution in [-0.4, -0.2) is 42.3 Å². The fourth-order valence-corrected chi connectivity index (χ4v) is 3.83. The van der Waals surface area contributed by atoms with Crippen molar-refractivity contribution in [2.24, 2.45) is 9.98 Å². The van der Waals surface area contributed by atoms with E-state index in [0.717, 1.165) is 25.9 Å². The zero-order valence-electron chi connectivity index (χ0n) is 23.0. The average Bonchev–Trinajstić information content (AvgIpc) is 3.40. The van der Waals surface area contributed by atoms with Crippen molar-refractivity contribution in [3.63, 3.8) is 0 Å². The maximum atomic E-state index is 8.52. The predicted octanol–water partition coefficient (Wildman–Crippen LogP) is 3.71. The molecule has 0 aliphatic carbocycles. The van der Waals surface area contributed by atoms with E-state index in [1.165, 1.54) is 97.1 Å². The first kappa shape index (κ1) is 33.6. The van der Waals surface area contributed by atoms with E-state index in [-0.39, 0.29) is 0 Å². The number of nitrogens with zero attached hydrogens (tertiary/aromatic N) is 2. The van der Waals surface area contributed by atoms with Gasteiger partial charge < -0.3 is 9.11 Å². The summed E-state index contributed by atoms with van der Waals surface area (Å²) in [5.74, 6) is 2.73. The molecular formula is C26H50N4O4S. The molecule has 2 aliphatic rings. The molecule has 0 fully saturated rings. The third-order valence-electron chi connectivity index (χ3n) is 5.85. The van der Waals surface area contributed by atoms with Gasteiger partial charge >= 0.3 is 0 Å². The summed E-state index contributed by atoms with van der Waals surface area (Å²) in [4.78, 5) is 12.5. The van der Waals surface area contributed by atoms with Crippen LogP contribution in [0.1, 0.15) is 119 Å². The monoisotopic (exact) mass is 514 g/mol. The van der Waals surface area contributed by atoms with Crippen LogP contribution in [0.5, 0.6) is 0 Å². The van der Waals surface area contributed by atoms with E-state index in [1.807, 2.05) is 0 Å². The molecule has 204 valence electrons. The molecule has 8 nitrogen and oxygen atoms in total. The molecule has 2 heterocycles. The Morgan fingerprint density at radius 2 is 0.914 bits per heavy atom. The topological polar surface area (TPSA) is 114 Å². The molecule has 0 aromatic carbocycles. The number of unbranched alkanes of at least 4 members (excludes halogenated alkanes) is 4. The normalized spacial score (nSPS) is 19.1. The van der Waals surface area contributed by atoms with E-state index in [4.69, 9.17) is 27.5 Å². The van der Waals surface area contributed by atoms with Crippen molar-refractivity contribution in [3.8, 4) is 0 Å². The first-order chi connectivity index (χ1) is 16.6. The average molecular weight is 515 g/mol. The summed E-state index contributed by atoms with van der Waals surface area (Å²) >= 11 is 0. The quantitative estimate of drug-likeness (QED) is 0.272. The SMILES string of the molecule is CCCCC1=C[NH+](CC)C(CCCC)=N1.CCCCC1=C[NH+](CC)C(CCCC)=N1.O=S(=O)([O-])[O-]. The molecule has 0 aromatic heterocycles. The van der Waals surface area contributed by atoms with Crippen LogP contribution in [0.3, 0.4) is 0 Å². The lowest BCUT2D eigenvalue weighted by Crippen LogP contribution is -3.09.